The Morgan fingerprint density at radius 2 is 0.756 bits per heavy atom. The summed E-state index contributed by atoms with van der Waals surface area (Å²) in [6.45, 7) is 2.92. The summed E-state index contributed by atoms with van der Waals surface area (Å²) in [5.41, 5.74) is 2.90. The first kappa shape index (κ1) is 35.9. The number of phenols is 4. The molecule has 0 aliphatic heterocycles. The molecule has 0 spiro atoms. The standard InChI is InChI=1S/C22H16N2O4.3C2H4O2.Mn/c25-19-11-1-5-13(21(19)27)15-7-3-9-17(23-15)18-10-4-8-16(24-18)14-6-2-12-20(26)22(14)28;3*1-2(3)4;/h1-12,25-28H;3*1H3,(H,3,4);/q;;;;+3/p-3. The quantitative estimate of drug-likeness (QED) is 0.186. The summed E-state index contributed by atoms with van der Waals surface area (Å²) in [5.74, 6) is -4.16. The Morgan fingerprint density at radius 3 is 1.05 bits per heavy atom. The number of hydrogen-bond acceptors (Lipinski definition) is 12. The van der Waals surface area contributed by atoms with Gasteiger partial charge in [0.05, 0.1) is 22.8 Å². The van der Waals surface area contributed by atoms with Gasteiger partial charge in [-0.25, -0.2) is 9.97 Å². The maximum Gasteiger partial charge on any atom is 3.00 e. The monoisotopic (exact) mass is 604 g/mol. The molecule has 4 rings (SSSR count). The molecular formula is C28H25MnN2O10. The maximum absolute atomic E-state index is 10.1. The van der Waals surface area contributed by atoms with Gasteiger partial charge in [-0.1, -0.05) is 24.3 Å². The molecule has 4 aromatic rings. The number of carbonyl (C=O) groups excluding carboxylic acids is 3. The fraction of sp³-hybridized carbons (Fsp3) is 0.107. The van der Waals surface area contributed by atoms with E-state index in [-0.39, 0.29) is 40.1 Å². The van der Waals surface area contributed by atoms with Crippen molar-refractivity contribution < 1.29 is 67.2 Å². The van der Waals surface area contributed by atoms with Crippen LogP contribution in [0.15, 0.2) is 72.8 Å². The summed E-state index contributed by atoms with van der Waals surface area (Å²) in [5, 5.41) is 66.3. The Morgan fingerprint density at radius 1 is 0.512 bits per heavy atom. The van der Waals surface area contributed by atoms with E-state index in [9.17, 15) is 20.4 Å². The van der Waals surface area contributed by atoms with Crippen LogP contribution in [-0.2, 0) is 31.5 Å². The van der Waals surface area contributed by atoms with Crippen molar-refractivity contribution >= 4 is 17.9 Å². The molecule has 0 aliphatic rings. The molecule has 2 heterocycles. The molecule has 0 atom stereocenters. The number of aromatic hydroxyl groups is 4. The molecule has 0 saturated heterocycles. The number of hydrogen-bond donors (Lipinski definition) is 4. The van der Waals surface area contributed by atoms with Crippen LogP contribution in [0.1, 0.15) is 20.8 Å². The Balaban J connectivity index is 0.00000105. The van der Waals surface area contributed by atoms with E-state index < -0.39 is 17.9 Å². The van der Waals surface area contributed by atoms with Crippen molar-refractivity contribution in [2.24, 2.45) is 0 Å². The SMILES string of the molecule is CC(=O)[O-].CC(=O)[O-].CC(=O)[O-].Oc1cccc(-c2cccc(-c3cccc(-c4cccc(O)c4O)n3)n2)c1O.[Mn+3]. The second-order valence-corrected chi connectivity index (χ2v) is 7.64. The van der Waals surface area contributed by atoms with Crippen molar-refractivity contribution in [3.63, 3.8) is 0 Å². The van der Waals surface area contributed by atoms with Gasteiger partial charge in [0.15, 0.2) is 23.0 Å². The topological polar surface area (TPSA) is 227 Å². The van der Waals surface area contributed by atoms with Crippen LogP contribution >= 0.6 is 0 Å². The van der Waals surface area contributed by atoms with Crippen LogP contribution in [0, 0.1) is 0 Å². The number of carbonyl (C=O) groups is 3. The van der Waals surface area contributed by atoms with E-state index in [1.165, 1.54) is 12.1 Å². The van der Waals surface area contributed by atoms with Crippen molar-refractivity contribution in [2.75, 3.05) is 0 Å². The van der Waals surface area contributed by atoms with Gasteiger partial charge >= 0.3 is 17.1 Å². The van der Waals surface area contributed by atoms with E-state index >= 15 is 0 Å². The smallest absolute Gasteiger partial charge is 0.550 e. The summed E-state index contributed by atoms with van der Waals surface area (Å²) in [4.78, 5) is 35.8. The number of phenolic OH excluding ortho intramolecular Hbond substituents is 4. The normalized spacial score (nSPS) is 9.15. The number of carboxylic acid groups (broad SMARTS) is 3. The molecule has 0 bridgehead atoms. The fourth-order valence-corrected chi connectivity index (χ4v) is 2.93. The Hall–Kier alpha value is -5.13. The molecule has 2 aromatic carbocycles. The largest absolute Gasteiger partial charge is 3.00 e. The molecule has 2 aromatic heterocycles. The number of nitrogens with zero attached hydrogens (tertiary/aromatic N) is 2. The predicted octanol–water partition coefficient (Wildman–Crippen LogP) is 0.566. The predicted molar refractivity (Wildman–Crippen MR) is 137 cm³/mol. The molecule has 214 valence electrons. The molecule has 0 amide bonds. The molecule has 4 N–H and O–H groups in total. The third kappa shape index (κ3) is 12.5. The van der Waals surface area contributed by atoms with Crippen LogP contribution in [0.4, 0.5) is 0 Å². The Kier molecular flexibility index (Phi) is 15.3. The zero-order chi connectivity index (χ0) is 30.4. The number of aromatic nitrogens is 2. The van der Waals surface area contributed by atoms with Gasteiger partial charge in [-0.15, -0.1) is 0 Å². The minimum absolute atomic E-state index is 0. The summed E-state index contributed by atoms with van der Waals surface area (Å²) in [6, 6.07) is 19.9. The molecule has 0 unspecified atom stereocenters. The van der Waals surface area contributed by atoms with Gasteiger partial charge in [0.1, 0.15) is 0 Å². The number of para-hydroxylation sites is 2. The zero-order valence-electron chi connectivity index (χ0n) is 21.9. The van der Waals surface area contributed by atoms with Gasteiger partial charge in [-0.2, -0.15) is 0 Å². The van der Waals surface area contributed by atoms with E-state index in [1.807, 2.05) is 0 Å². The molecule has 0 saturated carbocycles. The number of carboxylic acids is 3. The number of benzene rings is 2. The average molecular weight is 604 g/mol. The molecule has 0 aliphatic carbocycles. The molecule has 13 heteroatoms. The number of aliphatic carboxylic acids is 3. The maximum atomic E-state index is 10.1. The van der Waals surface area contributed by atoms with Crippen molar-refractivity contribution in [1.82, 2.24) is 9.97 Å². The van der Waals surface area contributed by atoms with E-state index in [4.69, 9.17) is 29.7 Å². The molecule has 0 fully saturated rings. The fourth-order valence-electron chi connectivity index (χ4n) is 2.93. The first-order chi connectivity index (χ1) is 18.7. The minimum Gasteiger partial charge on any atom is -0.550 e. The second-order valence-electron chi connectivity index (χ2n) is 7.64. The van der Waals surface area contributed by atoms with Gasteiger partial charge < -0.3 is 50.1 Å². The van der Waals surface area contributed by atoms with Gasteiger partial charge in [0.2, 0.25) is 0 Å². The van der Waals surface area contributed by atoms with Crippen LogP contribution in [0.5, 0.6) is 23.0 Å². The van der Waals surface area contributed by atoms with Gasteiger partial charge in [-0.05, 0) is 69.3 Å². The van der Waals surface area contributed by atoms with Crippen LogP contribution in [0.25, 0.3) is 33.9 Å². The number of pyridine rings is 2. The second kappa shape index (κ2) is 17.5. The number of rotatable bonds is 3. The van der Waals surface area contributed by atoms with Crippen LogP contribution in [-0.4, -0.2) is 48.3 Å². The third-order valence-corrected chi connectivity index (χ3v) is 4.34. The van der Waals surface area contributed by atoms with E-state index in [1.54, 1.807) is 60.7 Å². The van der Waals surface area contributed by atoms with Crippen molar-refractivity contribution in [1.29, 1.82) is 0 Å². The minimum atomic E-state index is -1.08. The van der Waals surface area contributed by atoms with Gasteiger partial charge in [0.25, 0.3) is 0 Å². The summed E-state index contributed by atoms with van der Waals surface area (Å²) in [6.07, 6.45) is 0. The summed E-state index contributed by atoms with van der Waals surface area (Å²) < 4.78 is 0. The van der Waals surface area contributed by atoms with Gasteiger partial charge in [-0.3, -0.25) is 0 Å². The Labute approximate surface area is 245 Å². The average Bonchev–Trinajstić information content (AvgIpc) is 2.86. The van der Waals surface area contributed by atoms with Crippen LogP contribution < -0.4 is 15.3 Å². The van der Waals surface area contributed by atoms with Crippen LogP contribution in [0.2, 0.25) is 0 Å². The van der Waals surface area contributed by atoms with Crippen molar-refractivity contribution in [2.45, 2.75) is 20.8 Å². The van der Waals surface area contributed by atoms with Crippen molar-refractivity contribution in [3.05, 3.63) is 72.8 Å². The molecule has 41 heavy (non-hydrogen) atoms. The third-order valence-electron chi connectivity index (χ3n) is 4.34. The first-order valence-corrected chi connectivity index (χ1v) is 11.2. The molecular weight excluding hydrogens is 579 g/mol. The van der Waals surface area contributed by atoms with Crippen LogP contribution in [0.3, 0.4) is 0 Å². The Bertz CT molecular complexity index is 1340. The van der Waals surface area contributed by atoms with E-state index in [0.29, 0.717) is 33.9 Å². The van der Waals surface area contributed by atoms with Crippen molar-refractivity contribution in [3.8, 4) is 56.9 Å². The zero-order valence-corrected chi connectivity index (χ0v) is 23.1. The van der Waals surface area contributed by atoms with Gasteiger partial charge in [0, 0.05) is 29.0 Å². The van der Waals surface area contributed by atoms with E-state index in [2.05, 4.69) is 9.97 Å². The molecule has 12 nitrogen and oxygen atoms in total. The summed E-state index contributed by atoms with van der Waals surface area (Å²) in [7, 11) is 0. The molecule has 0 radical (unpaired) electrons. The van der Waals surface area contributed by atoms with E-state index in [0.717, 1.165) is 20.8 Å². The first-order valence-electron chi connectivity index (χ1n) is 11.2. The summed E-state index contributed by atoms with van der Waals surface area (Å²) >= 11 is 0.